The topological polar surface area (TPSA) is 103 Å². The van der Waals surface area contributed by atoms with Gasteiger partial charge in [-0.1, -0.05) is 0 Å². The Balaban J connectivity index is 1.54. The second kappa shape index (κ2) is 6.11. The summed E-state index contributed by atoms with van der Waals surface area (Å²) in [4.78, 5) is 24.4. The van der Waals surface area contributed by atoms with Gasteiger partial charge in [-0.05, 0) is 24.6 Å². The SMILES string of the molecule is Cc1cnn(CC(=O)Nc2nc3ccc(-c4cncnc4)cn3n2)c1. The fraction of sp³-hybridized carbons (Fsp3) is 0.125. The van der Waals surface area contributed by atoms with E-state index in [-0.39, 0.29) is 18.4 Å². The standard InChI is InChI=1S/C16H14N8O/c1-11-4-19-23(7-11)9-15(25)21-16-20-14-3-2-12(8-24(14)22-16)13-5-17-10-18-6-13/h2-8,10H,9H2,1H3,(H,21,22,25). The molecule has 0 spiro atoms. The molecule has 0 saturated heterocycles. The maximum absolute atomic E-state index is 12.1. The van der Waals surface area contributed by atoms with Gasteiger partial charge in [-0.2, -0.15) is 10.1 Å². The van der Waals surface area contributed by atoms with E-state index in [1.807, 2.05) is 25.3 Å². The summed E-state index contributed by atoms with van der Waals surface area (Å²) in [6, 6.07) is 3.72. The van der Waals surface area contributed by atoms with Crippen LogP contribution in [0.15, 0.2) is 49.4 Å². The number of aromatic nitrogens is 7. The molecule has 0 fully saturated rings. The summed E-state index contributed by atoms with van der Waals surface area (Å²) in [6.45, 7) is 2.02. The predicted octanol–water partition coefficient (Wildman–Crippen LogP) is 1.33. The van der Waals surface area contributed by atoms with Crippen molar-refractivity contribution < 1.29 is 4.79 Å². The number of fused-ring (bicyclic) bond motifs is 1. The fourth-order valence-electron chi connectivity index (χ4n) is 2.42. The molecule has 0 aromatic carbocycles. The second-order valence-corrected chi connectivity index (χ2v) is 5.55. The predicted molar refractivity (Wildman–Crippen MR) is 89.6 cm³/mol. The van der Waals surface area contributed by atoms with Crippen LogP contribution < -0.4 is 5.32 Å². The summed E-state index contributed by atoms with van der Waals surface area (Å²) in [5, 5.41) is 11.1. The molecular formula is C16H14N8O. The largest absolute Gasteiger partial charge is 0.292 e. The third-order valence-electron chi connectivity index (χ3n) is 3.54. The van der Waals surface area contributed by atoms with Crippen molar-refractivity contribution in [3.05, 3.63) is 55.0 Å². The Bertz CT molecular complexity index is 1040. The van der Waals surface area contributed by atoms with E-state index in [4.69, 9.17) is 0 Å². The Labute approximate surface area is 142 Å². The third kappa shape index (κ3) is 3.20. The third-order valence-corrected chi connectivity index (χ3v) is 3.54. The van der Waals surface area contributed by atoms with Crippen LogP contribution in [0, 0.1) is 6.92 Å². The van der Waals surface area contributed by atoms with Crippen molar-refractivity contribution >= 4 is 17.5 Å². The van der Waals surface area contributed by atoms with Crippen molar-refractivity contribution in [1.82, 2.24) is 34.3 Å². The second-order valence-electron chi connectivity index (χ2n) is 5.55. The molecular weight excluding hydrogens is 320 g/mol. The summed E-state index contributed by atoms with van der Waals surface area (Å²) < 4.78 is 3.17. The number of carbonyl (C=O) groups is 1. The highest BCUT2D eigenvalue weighted by atomic mass is 16.2. The first-order valence-corrected chi connectivity index (χ1v) is 7.58. The van der Waals surface area contributed by atoms with Gasteiger partial charge in [0, 0.05) is 35.9 Å². The Kier molecular flexibility index (Phi) is 3.65. The molecule has 0 aliphatic heterocycles. The van der Waals surface area contributed by atoms with Crippen molar-refractivity contribution in [2.75, 3.05) is 5.32 Å². The number of hydrogen-bond acceptors (Lipinski definition) is 6. The molecule has 4 aromatic rings. The first kappa shape index (κ1) is 14.9. The van der Waals surface area contributed by atoms with Gasteiger partial charge < -0.3 is 0 Å². The van der Waals surface area contributed by atoms with Gasteiger partial charge in [-0.25, -0.2) is 14.5 Å². The van der Waals surface area contributed by atoms with Gasteiger partial charge in [0.15, 0.2) is 5.65 Å². The zero-order chi connectivity index (χ0) is 17.2. The van der Waals surface area contributed by atoms with E-state index in [0.29, 0.717) is 5.65 Å². The molecule has 0 radical (unpaired) electrons. The van der Waals surface area contributed by atoms with Crippen LogP contribution in [0.25, 0.3) is 16.8 Å². The van der Waals surface area contributed by atoms with Gasteiger partial charge in [0.05, 0.1) is 6.20 Å². The van der Waals surface area contributed by atoms with Crippen LogP contribution in [0.3, 0.4) is 0 Å². The molecule has 9 nitrogen and oxygen atoms in total. The Morgan fingerprint density at radius 3 is 2.72 bits per heavy atom. The summed E-state index contributed by atoms with van der Waals surface area (Å²) in [5.41, 5.74) is 3.41. The molecule has 1 N–H and O–H groups in total. The molecule has 4 aromatic heterocycles. The maximum atomic E-state index is 12.1. The number of nitrogens with one attached hydrogen (secondary N) is 1. The van der Waals surface area contributed by atoms with Gasteiger partial charge >= 0.3 is 0 Å². The zero-order valence-electron chi connectivity index (χ0n) is 13.4. The normalized spacial score (nSPS) is 10.9. The Hall–Kier alpha value is -3.62. The molecule has 0 saturated carbocycles. The molecule has 0 atom stereocenters. The molecule has 4 rings (SSSR count). The fourth-order valence-corrected chi connectivity index (χ4v) is 2.42. The minimum absolute atomic E-state index is 0.107. The quantitative estimate of drug-likeness (QED) is 0.604. The molecule has 9 heteroatoms. The van der Waals surface area contributed by atoms with Crippen LogP contribution in [0.1, 0.15) is 5.56 Å². The average Bonchev–Trinajstić information content (AvgIpc) is 3.20. The molecule has 25 heavy (non-hydrogen) atoms. The van der Waals surface area contributed by atoms with Crippen LogP contribution >= 0.6 is 0 Å². The molecule has 0 unspecified atom stereocenters. The highest BCUT2D eigenvalue weighted by Crippen LogP contribution is 2.18. The van der Waals surface area contributed by atoms with E-state index >= 15 is 0 Å². The first-order valence-electron chi connectivity index (χ1n) is 7.58. The number of nitrogens with zero attached hydrogens (tertiary/aromatic N) is 7. The van der Waals surface area contributed by atoms with Gasteiger partial charge in [-0.3, -0.25) is 14.8 Å². The molecule has 0 bridgehead atoms. The monoisotopic (exact) mass is 334 g/mol. The minimum Gasteiger partial charge on any atom is -0.292 e. The van der Waals surface area contributed by atoms with E-state index in [1.165, 1.54) is 6.33 Å². The lowest BCUT2D eigenvalue weighted by Gasteiger charge is -2.00. The zero-order valence-corrected chi connectivity index (χ0v) is 13.4. The van der Waals surface area contributed by atoms with Crippen molar-refractivity contribution in [2.24, 2.45) is 0 Å². The number of amides is 1. The molecule has 0 aliphatic carbocycles. The number of hydrogen-bond donors (Lipinski definition) is 1. The number of aryl methyl sites for hydroxylation is 1. The Morgan fingerprint density at radius 1 is 1.12 bits per heavy atom. The number of rotatable bonds is 4. The highest BCUT2D eigenvalue weighted by Gasteiger charge is 2.10. The Morgan fingerprint density at radius 2 is 1.96 bits per heavy atom. The summed E-state index contributed by atoms with van der Waals surface area (Å²) >= 11 is 0. The minimum atomic E-state index is -0.240. The van der Waals surface area contributed by atoms with Crippen LogP contribution in [0.5, 0.6) is 0 Å². The van der Waals surface area contributed by atoms with E-state index in [0.717, 1.165) is 16.7 Å². The van der Waals surface area contributed by atoms with Crippen molar-refractivity contribution in [2.45, 2.75) is 13.5 Å². The lowest BCUT2D eigenvalue weighted by atomic mass is 10.1. The molecule has 4 heterocycles. The summed E-state index contributed by atoms with van der Waals surface area (Å²) in [5.74, 6) is 0.00558. The van der Waals surface area contributed by atoms with Crippen LogP contribution in [0.2, 0.25) is 0 Å². The summed E-state index contributed by atoms with van der Waals surface area (Å²) in [6.07, 6.45) is 10.2. The highest BCUT2D eigenvalue weighted by molar-refractivity contribution is 5.88. The van der Waals surface area contributed by atoms with Crippen LogP contribution in [-0.4, -0.2) is 40.3 Å². The summed E-state index contributed by atoms with van der Waals surface area (Å²) in [7, 11) is 0. The van der Waals surface area contributed by atoms with Gasteiger partial charge in [-0.15, -0.1) is 5.10 Å². The number of pyridine rings is 1. The van der Waals surface area contributed by atoms with Crippen molar-refractivity contribution in [3.63, 3.8) is 0 Å². The smallest absolute Gasteiger partial charge is 0.249 e. The number of anilines is 1. The molecule has 124 valence electrons. The number of carbonyl (C=O) groups excluding carboxylic acids is 1. The van der Waals surface area contributed by atoms with Crippen molar-refractivity contribution in [3.8, 4) is 11.1 Å². The lowest BCUT2D eigenvalue weighted by Crippen LogP contribution is -2.19. The van der Waals surface area contributed by atoms with Crippen LogP contribution in [0.4, 0.5) is 5.95 Å². The van der Waals surface area contributed by atoms with E-state index < -0.39 is 0 Å². The van der Waals surface area contributed by atoms with Crippen molar-refractivity contribution in [1.29, 1.82) is 0 Å². The average molecular weight is 334 g/mol. The van der Waals surface area contributed by atoms with Gasteiger partial charge in [0.1, 0.15) is 12.9 Å². The van der Waals surface area contributed by atoms with Gasteiger partial charge in [0.25, 0.3) is 0 Å². The van der Waals surface area contributed by atoms with E-state index in [2.05, 4.69) is 30.5 Å². The van der Waals surface area contributed by atoms with E-state index in [1.54, 1.807) is 34.0 Å². The maximum Gasteiger partial charge on any atom is 0.249 e. The molecule has 0 aliphatic rings. The first-order chi connectivity index (χ1) is 12.2. The van der Waals surface area contributed by atoms with Crippen LogP contribution in [-0.2, 0) is 11.3 Å². The van der Waals surface area contributed by atoms with Gasteiger partial charge in [0.2, 0.25) is 11.9 Å². The van der Waals surface area contributed by atoms with E-state index in [9.17, 15) is 4.79 Å². The lowest BCUT2D eigenvalue weighted by molar-refractivity contribution is -0.116. The molecule has 1 amide bonds.